The Morgan fingerprint density at radius 2 is 1.75 bits per heavy atom. The Labute approximate surface area is 119 Å². The van der Waals surface area contributed by atoms with E-state index in [1.807, 2.05) is 12.1 Å². The van der Waals surface area contributed by atoms with Crippen molar-refractivity contribution in [3.05, 3.63) is 53.7 Å². The van der Waals surface area contributed by atoms with Crippen LogP contribution in [0.3, 0.4) is 0 Å². The summed E-state index contributed by atoms with van der Waals surface area (Å²) in [4.78, 5) is 15.1. The van der Waals surface area contributed by atoms with E-state index >= 15 is 0 Å². The van der Waals surface area contributed by atoms with Crippen LogP contribution in [0.4, 0.5) is 11.5 Å². The summed E-state index contributed by atoms with van der Waals surface area (Å²) < 4.78 is 0. The standard InChI is InChI=1S/C16H19N3O/c1-16(2,3)12-5-7-13(8-6-12)19-14-9-4-11(10-18-14)15(17)20/h4-10H,1-3H3,(H2,17,20)(H,18,19). The van der Waals surface area contributed by atoms with Gasteiger partial charge >= 0.3 is 0 Å². The molecule has 0 atom stereocenters. The van der Waals surface area contributed by atoms with Crippen LogP contribution in [-0.4, -0.2) is 10.9 Å². The maximum absolute atomic E-state index is 11.0. The second-order valence-corrected chi connectivity index (χ2v) is 5.75. The van der Waals surface area contributed by atoms with E-state index in [1.54, 1.807) is 12.1 Å². The molecule has 4 heteroatoms. The number of aromatic nitrogens is 1. The van der Waals surface area contributed by atoms with Gasteiger partial charge < -0.3 is 11.1 Å². The first-order valence-corrected chi connectivity index (χ1v) is 6.50. The minimum atomic E-state index is -0.474. The fourth-order valence-electron chi connectivity index (χ4n) is 1.82. The Bertz CT molecular complexity index is 595. The van der Waals surface area contributed by atoms with Gasteiger partial charge in [-0.3, -0.25) is 4.79 Å². The van der Waals surface area contributed by atoms with Crippen molar-refractivity contribution in [1.82, 2.24) is 4.98 Å². The molecule has 0 saturated carbocycles. The SMILES string of the molecule is CC(C)(C)c1ccc(Nc2ccc(C(N)=O)cn2)cc1. The van der Waals surface area contributed by atoms with Gasteiger partial charge in [-0.15, -0.1) is 0 Å². The molecule has 1 amide bonds. The Morgan fingerprint density at radius 1 is 1.10 bits per heavy atom. The normalized spacial score (nSPS) is 11.2. The van der Waals surface area contributed by atoms with Crippen molar-refractivity contribution in [1.29, 1.82) is 0 Å². The van der Waals surface area contributed by atoms with Crippen LogP contribution < -0.4 is 11.1 Å². The first-order valence-electron chi connectivity index (χ1n) is 6.50. The number of nitrogens with one attached hydrogen (secondary N) is 1. The van der Waals surface area contributed by atoms with Crippen LogP contribution in [0.5, 0.6) is 0 Å². The average Bonchev–Trinajstić information content (AvgIpc) is 2.39. The molecule has 0 aliphatic carbocycles. The molecule has 0 fully saturated rings. The predicted octanol–water partition coefficient (Wildman–Crippen LogP) is 3.22. The van der Waals surface area contributed by atoms with Crippen molar-refractivity contribution in [3.8, 4) is 0 Å². The summed E-state index contributed by atoms with van der Waals surface area (Å²) in [5, 5.41) is 3.19. The lowest BCUT2D eigenvalue weighted by Crippen LogP contribution is -2.11. The van der Waals surface area contributed by atoms with Crippen LogP contribution in [0.15, 0.2) is 42.6 Å². The van der Waals surface area contributed by atoms with Gasteiger partial charge in [0, 0.05) is 11.9 Å². The Morgan fingerprint density at radius 3 is 2.20 bits per heavy atom. The number of carbonyl (C=O) groups excluding carboxylic acids is 1. The lowest BCUT2D eigenvalue weighted by Gasteiger charge is -2.19. The first-order chi connectivity index (χ1) is 9.36. The van der Waals surface area contributed by atoms with Crippen molar-refractivity contribution in [3.63, 3.8) is 0 Å². The lowest BCUT2D eigenvalue weighted by atomic mass is 9.87. The number of rotatable bonds is 3. The van der Waals surface area contributed by atoms with E-state index < -0.39 is 5.91 Å². The molecule has 3 N–H and O–H groups in total. The van der Waals surface area contributed by atoms with E-state index in [1.165, 1.54) is 11.8 Å². The van der Waals surface area contributed by atoms with Crippen molar-refractivity contribution in [2.45, 2.75) is 26.2 Å². The van der Waals surface area contributed by atoms with Gasteiger partial charge in [0.25, 0.3) is 0 Å². The van der Waals surface area contributed by atoms with Crippen LogP contribution in [0.2, 0.25) is 0 Å². The van der Waals surface area contributed by atoms with Gasteiger partial charge in [-0.05, 0) is 35.2 Å². The molecule has 2 rings (SSSR count). The molecular weight excluding hydrogens is 250 g/mol. The summed E-state index contributed by atoms with van der Waals surface area (Å²) in [6.45, 7) is 6.54. The summed E-state index contributed by atoms with van der Waals surface area (Å²) in [6, 6.07) is 11.6. The van der Waals surface area contributed by atoms with Gasteiger partial charge in [-0.25, -0.2) is 4.98 Å². The van der Waals surface area contributed by atoms with Gasteiger partial charge in [0.2, 0.25) is 5.91 Å². The maximum Gasteiger partial charge on any atom is 0.250 e. The number of amides is 1. The first kappa shape index (κ1) is 14.1. The van der Waals surface area contributed by atoms with Crippen molar-refractivity contribution >= 4 is 17.4 Å². The fourth-order valence-corrected chi connectivity index (χ4v) is 1.82. The molecule has 1 aromatic carbocycles. The van der Waals surface area contributed by atoms with Crippen LogP contribution in [0.1, 0.15) is 36.7 Å². The molecule has 0 aliphatic rings. The molecule has 0 radical (unpaired) electrons. The smallest absolute Gasteiger partial charge is 0.250 e. The molecule has 0 unspecified atom stereocenters. The van der Waals surface area contributed by atoms with Crippen molar-refractivity contribution in [2.75, 3.05) is 5.32 Å². The van der Waals surface area contributed by atoms with E-state index in [4.69, 9.17) is 5.73 Å². The number of carbonyl (C=O) groups is 1. The molecule has 0 saturated heterocycles. The summed E-state index contributed by atoms with van der Waals surface area (Å²) in [6.07, 6.45) is 1.47. The van der Waals surface area contributed by atoms with E-state index in [9.17, 15) is 4.79 Å². The highest BCUT2D eigenvalue weighted by Crippen LogP contribution is 2.24. The summed E-state index contributed by atoms with van der Waals surface area (Å²) in [7, 11) is 0. The van der Waals surface area contributed by atoms with Gasteiger partial charge in [-0.2, -0.15) is 0 Å². The van der Waals surface area contributed by atoms with Crippen molar-refractivity contribution in [2.24, 2.45) is 5.73 Å². The zero-order valence-electron chi connectivity index (χ0n) is 12.0. The number of hydrogen-bond donors (Lipinski definition) is 2. The van der Waals surface area contributed by atoms with Crippen LogP contribution in [0.25, 0.3) is 0 Å². The summed E-state index contributed by atoms with van der Waals surface area (Å²) >= 11 is 0. The van der Waals surface area contributed by atoms with Crippen LogP contribution in [-0.2, 0) is 5.41 Å². The van der Waals surface area contributed by atoms with Crippen molar-refractivity contribution < 1.29 is 4.79 Å². The Hall–Kier alpha value is -2.36. The number of anilines is 2. The van der Waals surface area contributed by atoms with E-state index in [-0.39, 0.29) is 5.41 Å². The molecule has 1 aromatic heterocycles. The molecule has 0 bridgehead atoms. The number of benzene rings is 1. The Balaban J connectivity index is 2.12. The number of primary amides is 1. The Kier molecular flexibility index (Phi) is 3.74. The summed E-state index contributed by atoms with van der Waals surface area (Å²) in [5.41, 5.74) is 7.95. The van der Waals surface area contributed by atoms with Gasteiger partial charge in [-0.1, -0.05) is 32.9 Å². The molecule has 0 spiro atoms. The molecule has 104 valence electrons. The van der Waals surface area contributed by atoms with Crippen LogP contribution >= 0.6 is 0 Å². The largest absolute Gasteiger partial charge is 0.366 e. The number of nitrogens with zero attached hydrogens (tertiary/aromatic N) is 1. The molecule has 0 aliphatic heterocycles. The third-order valence-electron chi connectivity index (χ3n) is 3.07. The average molecular weight is 269 g/mol. The minimum absolute atomic E-state index is 0.139. The highest BCUT2D eigenvalue weighted by molar-refractivity contribution is 5.92. The molecule has 1 heterocycles. The predicted molar refractivity (Wildman–Crippen MR) is 81.2 cm³/mol. The lowest BCUT2D eigenvalue weighted by molar-refractivity contribution is 0.1000. The van der Waals surface area contributed by atoms with E-state index in [0.717, 1.165) is 5.69 Å². The van der Waals surface area contributed by atoms with E-state index in [2.05, 4.69) is 43.2 Å². The number of pyridine rings is 1. The third-order valence-corrected chi connectivity index (χ3v) is 3.07. The highest BCUT2D eigenvalue weighted by atomic mass is 16.1. The van der Waals surface area contributed by atoms with Gasteiger partial charge in [0.1, 0.15) is 5.82 Å². The fraction of sp³-hybridized carbons (Fsp3) is 0.250. The molecule has 20 heavy (non-hydrogen) atoms. The maximum atomic E-state index is 11.0. The molecular formula is C16H19N3O. The zero-order valence-corrected chi connectivity index (χ0v) is 12.0. The summed E-state index contributed by atoms with van der Waals surface area (Å²) in [5.74, 6) is 0.206. The topological polar surface area (TPSA) is 68.0 Å². The van der Waals surface area contributed by atoms with Crippen LogP contribution in [0, 0.1) is 0 Å². The monoisotopic (exact) mass is 269 g/mol. The third kappa shape index (κ3) is 3.35. The number of hydrogen-bond acceptors (Lipinski definition) is 3. The second-order valence-electron chi connectivity index (χ2n) is 5.75. The molecule has 2 aromatic rings. The molecule has 4 nitrogen and oxygen atoms in total. The van der Waals surface area contributed by atoms with E-state index in [0.29, 0.717) is 11.4 Å². The van der Waals surface area contributed by atoms with Gasteiger partial charge in [0.15, 0.2) is 0 Å². The zero-order chi connectivity index (χ0) is 14.8. The quantitative estimate of drug-likeness (QED) is 0.899. The second kappa shape index (κ2) is 5.33. The minimum Gasteiger partial charge on any atom is -0.366 e. The number of nitrogens with two attached hydrogens (primary N) is 1. The highest BCUT2D eigenvalue weighted by Gasteiger charge is 2.12. The van der Waals surface area contributed by atoms with Gasteiger partial charge in [0.05, 0.1) is 5.56 Å².